The van der Waals surface area contributed by atoms with Crippen LogP contribution in [-0.2, 0) is 11.2 Å². The maximum atomic E-state index is 13.0. The number of nitrogens with one attached hydrogen (secondary N) is 1. The molecule has 0 atom stereocenters. The summed E-state index contributed by atoms with van der Waals surface area (Å²) in [6, 6.07) is 8.55. The monoisotopic (exact) mass is 456 g/mol. The zero-order valence-corrected chi connectivity index (χ0v) is 17.9. The van der Waals surface area contributed by atoms with Crippen LogP contribution in [-0.4, -0.2) is 58.7 Å². The summed E-state index contributed by atoms with van der Waals surface area (Å²) in [5, 5.41) is 4.90. The van der Waals surface area contributed by atoms with Crippen molar-refractivity contribution >= 4 is 34.2 Å². The molecule has 0 unspecified atom stereocenters. The number of nitrogens with zero attached hydrogens (tertiary/aromatic N) is 3. The van der Waals surface area contributed by atoms with Gasteiger partial charge in [0.25, 0.3) is 11.8 Å². The van der Waals surface area contributed by atoms with Crippen LogP contribution in [0.2, 0.25) is 0 Å². The molecule has 1 aliphatic heterocycles. The van der Waals surface area contributed by atoms with Gasteiger partial charge in [-0.05, 0) is 42.8 Å². The first kappa shape index (κ1) is 21.7. The summed E-state index contributed by atoms with van der Waals surface area (Å²) in [7, 11) is 0. The van der Waals surface area contributed by atoms with E-state index in [0.29, 0.717) is 61.2 Å². The van der Waals surface area contributed by atoms with Gasteiger partial charge < -0.3 is 14.2 Å². The number of amides is 3. The van der Waals surface area contributed by atoms with Crippen LogP contribution in [0.25, 0.3) is 0 Å². The van der Waals surface area contributed by atoms with Crippen LogP contribution in [0.15, 0.2) is 52.5 Å². The van der Waals surface area contributed by atoms with E-state index in [0.717, 1.165) is 0 Å². The molecule has 0 aliphatic carbocycles. The zero-order chi connectivity index (χ0) is 22.5. The average Bonchev–Trinajstić information content (AvgIpc) is 3.50. The Morgan fingerprint density at radius 1 is 1.06 bits per heavy atom. The summed E-state index contributed by atoms with van der Waals surface area (Å²) in [5.41, 5.74) is 1.05. The number of hydrogen-bond acceptors (Lipinski definition) is 6. The van der Waals surface area contributed by atoms with Gasteiger partial charge in [0, 0.05) is 43.5 Å². The third-order valence-corrected chi connectivity index (χ3v) is 5.93. The first-order valence-electron chi connectivity index (χ1n) is 10.1. The van der Waals surface area contributed by atoms with Crippen LogP contribution in [0.3, 0.4) is 0 Å². The third kappa shape index (κ3) is 5.20. The average molecular weight is 456 g/mol. The topological polar surface area (TPSA) is 95.8 Å². The molecular weight excluding hydrogens is 435 g/mol. The fourth-order valence-corrected chi connectivity index (χ4v) is 4.10. The Hall–Kier alpha value is -3.53. The second-order valence-electron chi connectivity index (χ2n) is 7.26. The van der Waals surface area contributed by atoms with Crippen LogP contribution in [0.1, 0.15) is 33.0 Å². The van der Waals surface area contributed by atoms with Crippen molar-refractivity contribution in [1.29, 1.82) is 0 Å². The van der Waals surface area contributed by atoms with Gasteiger partial charge in [0.05, 0.1) is 12.0 Å². The highest BCUT2D eigenvalue weighted by Crippen LogP contribution is 2.18. The molecule has 3 heterocycles. The number of carbonyl (C=O) groups is 3. The van der Waals surface area contributed by atoms with Crippen molar-refractivity contribution < 1.29 is 23.2 Å². The van der Waals surface area contributed by atoms with Crippen molar-refractivity contribution in [3.05, 3.63) is 70.9 Å². The predicted molar refractivity (Wildman–Crippen MR) is 116 cm³/mol. The van der Waals surface area contributed by atoms with Gasteiger partial charge in [0.2, 0.25) is 5.91 Å². The quantitative estimate of drug-likeness (QED) is 0.615. The molecule has 1 aliphatic rings. The number of aryl methyl sites for hydroxylation is 1. The number of aromatic nitrogens is 1. The maximum Gasteiger partial charge on any atom is 0.289 e. The van der Waals surface area contributed by atoms with Gasteiger partial charge >= 0.3 is 0 Å². The number of halogens is 1. The Labute approximate surface area is 187 Å². The lowest BCUT2D eigenvalue weighted by Crippen LogP contribution is -2.50. The normalized spacial score (nSPS) is 13.8. The smallest absolute Gasteiger partial charge is 0.289 e. The van der Waals surface area contributed by atoms with Gasteiger partial charge in [-0.25, -0.2) is 9.37 Å². The molecule has 1 saturated heterocycles. The molecule has 1 aromatic carbocycles. The van der Waals surface area contributed by atoms with Gasteiger partial charge in [0.1, 0.15) is 5.82 Å². The van der Waals surface area contributed by atoms with Crippen molar-refractivity contribution in [2.75, 3.05) is 31.5 Å². The highest BCUT2D eigenvalue weighted by Gasteiger charge is 2.26. The first-order valence-corrected chi connectivity index (χ1v) is 11.0. The minimum atomic E-state index is -0.409. The highest BCUT2D eigenvalue weighted by molar-refractivity contribution is 7.14. The van der Waals surface area contributed by atoms with Gasteiger partial charge in [-0.2, -0.15) is 0 Å². The molecule has 1 fully saturated rings. The van der Waals surface area contributed by atoms with Crippen LogP contribution in [0, 0.1) is 5.82 Å². The maximum absolute atomic E-state index is 13.0. The van der Waals surface area contributed by atoms with E-state index in [4.69, 9.17) is 4.42 Å². The third-order valence-electron chi connectivity index (χ3n) is 5.13. The second kappa shape index (κ2) is 9.73. The van der Waals surface area contributed by atoms with Crippen LogP contribution < -0.4 is 5.32 Å². The number of thiazole rings is 1. The number of benzene rings is 1. The highest BCUT2D eigenvalue weighted by atomic mass is 32.1. The molecule has 0 spiro atoms. The second-order valence-corrected chi connectivity index (χ2v) is 8.11. The fourth-order valence-electron chi connectivity index (χ4n) is 3.36. The molecule has 2 aromatic heterocycles. The molecule has 10 heteroatoms. The Bertz CT molecular complexity index is 1090. The molecule has 32 heavy (non-hydrogen) atoms. The van der Waals surface area contributed by atoms with Gasteiger partial charge in [-0.1, -0.05) is 0 Å². The van der Waals surface area contributed by atoms with E-state index in [1.165, 1.54) is 41.9 Å². The Kier molecular flexibility index (Phi) is 6.60. The van der Waals surface area contributed by atoms with Gasteiger partial charge in [-0.3, -0.25) is 19.7 Å². The Balaban J connectivity index is 1.23. The van der Waals surface area contributed by atoms with Gasteiger partial charge in [0.15, 0.2) is 10.9 Å². The SMILES string of the molecule is O=C(Nc1nc(CCC(=O)N2CCN(C(=O)c3ccco3)CC2)cs1)c1ccc(F)cc1. The minimum absolute atomic E-state index is 0.00000431. The van der Waals surface area contributed by atoms with E-state index in [1.807, 2.05) is 0 Å². The van der Waals surface area contributed by atoms with Crippen LogP contribution in [0.5, 0.6) is 0 Å². The molecule has 3 aromatic rings. The van der Waals surface area contributed by atoms with E-state index in [1.54, 1.807) is 27.3 Å². The number of furan rings is 1. The van der Waals surface area contributed by atoms with Crippen molar-refractivity contribution in [2.24, 2.45) is 0 Å². The molecule has 3 amide bonds. The molecule has 4 rings (SSSR count). The van der Waals surface area contributed by atoms with E-state index in [-0.39, 0.29) is 17.7 Å². The molecule has 0 radical (unpaired) electrons. The summed E-state index contributed by atoms with van der Waals surface area (Å²) >= 11 is 1.27. The van der Waals surface area contributed by atoms with E-state index >= 15 is 0 Å². The van der Waals surface area contributed by atoms with E-state index in [2.05, 4.69) is 10.3 Å². The lowest BCUT2D eigenvalue weighted by molar-refractivity contribution is -0.132. The largest absolute Gasteiger partial charge is 0.459 e. The number of carbonyl (C=O) groups excluding carboxylic acids is 3. The standard InChI is InChI=1S/C22H21FN4O4S/c23-16-5-3-15(4-6-16)20(29)25-22-24-17(14-32-22)7-8-19(28)26-9-11-27(12-10-26)21(30)18-2-1-13-31-18/h1-6,13-14H,7-12H2,(H,24,25,29). The Morgan fingerprint density at radius 2 is 1.78 bits per heavy atom. The van der Waals surface area contributed by atoms with Crippen LogP contribution in [0.4, 0.5) is 9.52 Å². The number of hydrogen-bond donors (Lipinski definition) is 1. The molecule has 0 saturated carbocycles. The fraction of sp³-hybridized carbons (Fsp3) is 0.273. The van der Waals surface area contributed by atoms with Crippen molar-refractivity contribution in [2.45, 2.75) is 12.8 Å². The molecule has 166 valence electrons. The lowest BCUT2D eigenvalue weighted by atomic mass is 10.2. The Morgan fingerprint density at radius 3 is 2.47 bits per heavy atom. The van der Waals surface area contributed by atoms with Gasteiger partial charge in [-0.15, -0.1) is 11.3 Å². The van der Waals surface area contributed by atoms with E-state index in [9.17, 15) is 18.8 Å². The summed E-state index contributed by atoms with van der Waals surface area (Å²) in [5.74, 6) is -0.646. The van der Waals surface area contributed by atoms with Crippen molar-refractivity contribution in [3.63, 3.8) is 0 Å². The number of piperazine rings is 1. The van der Waals surface area contributed by atoms with Crippen molar-refractivity contribution in [1.82, 2.24) is 14.8 Å². The first-order chi connectivity index (χ1) is 15.5. The molecule has 1 N–H and O–H groups in total. The lowest BCUT2D eigenvalue weighted by Gasteiger charge is -2.34. The van der Waals surface area contributed by atoms with Crippen LogP contribution >= 0.6 is 11.3 Å². The summed E-state index contributed by atoms with van der Waals surface area (Å²) in [6.45, 7) is 1.87. The molecule has 8 nitrogen and oxygen atoms in total. The minimum Gasteiger partial charge on any atom is -0.459 e. The summed E-state index contributed by atoms with van der Waals surface area (Å²) < 4.78 is 18.1. The number of anilines is 1. The summed E-state index contributed by atoms with van der Waals surface area (Å²) in [4.78, 5) is 44.8. The number of rotatable bonds is 6. The van der Waals surface area contributed by atoms with E-state index < -0.39 is 5.82 Å². The van der Waals surface area contributed by atoms with Crippen molar-refractivity contribution in [3.8, 4) is 0 Å². The molecular formula is C22H21FN4O4S. The zero-order valence-electron chi connectivity index (χ0n) is 17.1. The predicted octanol–water partition coefficient (Wildman–Crippen LogP) is 3.04. The summed E-state index contributed by atoms with van der Waals surface area (Å²) in [6.07, 6.45) is 2.21. The molecule has 0 bridgehead atoms.